The molecule has 1 aromatic heterocycles. The number of carbonyl (C=O) groups excluding carboxylic acids is 1. The molecule has 19 heavy (non-hydrogen) atoms. The predicted octanol–water partition coefficient (Wildman–Crippen LogP) is 1.97. The molecule has 0 fully saturated rings. The summed E-state index contributed by atoms with van der Waals surface area (Å²) in [6, 6.07) is 3.78. The third kappa shape index (κ3) is 3.00. The summed E-state index contributed by atoms with van der Waals surface area (Å²) in [5, 5.41) is 10.7. The van der Waals surface area contributed by atoms with E-state index in [0.29, 0.717) is 5.56 Å². The van der Waals surface area contributed by atoms with Crippen molar-refractivity contribution in [1.29, 1.82) is 0 Å². The van der Waals surface area contributed by atoms with Gasteiger partial charge in [0.05, 0.1) is 24.4 Å². The Morgan fingerprint density at radius 2 is 2.37 bits per heavy atom. The van der Waals surface area contributed by atoms with Crippen molar-refractivity contribution in [2.45, 2.75) is 6.42 Å². The molecule has 5 nitrogen and oxygen atoms in total. The van der Waals surface area contributed by atoms with Gasteiger partial charge in [-0.1, -0.05) is 12.2 Å². The van der Waals surface area contributed by atoms with Gasteiger partial charge in [0.25, 0.3) is 0 Å². The van der Waals surface area contributed by atoms with E-state index in [0.717, 1.165) is 29.4 Å². The third-order valence-electron chi connectivity index (χ3n) is 2.86. The Morgan fingerprint density at radius 1 is 1.53 bits per heavy atom. The Morgan fingerprint density at radius 3 is 3.11 bits per heavy atom. The van der Waals surface area contributed by atoms with Crippen LogP contribution in [0.5, 0.6) is 0 Å². The number of hydrogen-bond acceptors (Lipinski definition) is 4. The second kappa shape index (κ2) is 6.15. The summed E-state index contributed by atoms with van der Waals surface area (Å²) in [4.78, 5) is 11.8. The lowest BCUT2D eigenvalue weighted by Gasteiger charge is -2.03. The molecule has 0 atom stereocenters. The van der Waals surface area contributed by atoms with E-state index in [1.54, 1.807) is 6.20 Å². The molecule has 100 valence electrons. The SMILES string of the molecule is CNCCC=Cc1cc(C(=O)OC)c2cn[nH]c2c1. The van der Waals surface area contributed by atoms with Crippen LogP contribution in [0.4, 0.5) is 0 Å². The van der Waals surface area contributed by atoms with Crippen LogP contribution in [0.2, 0.25) is 0 Å². The van der Waals surface area contributed by atoms with E-state index in [1.165, 1.54) is 7.11 Å². The summed E-state index contributed by atoms with van der Waals surface area (Å²) in [6.07, 6.45) is 6.63. The van der Waals surface area contributed by atoms with E-state index in [2.05, 4.69) is 21.6 Å². The number of H-pyrrole nitrogens is 1. The van der Waals surface area contributed by atoms with E-state index in [9.17, 15) is 4.79 Å². The zero-order chi connectivity index (χ0) is 13.7. The number of fused-ring (bicyclic) bond motifs is 1. The van der Waals surface area contributed by atoms with Gasteiger partial charge < -0.3 is 10.1 Å². The fourth-order valence-electron chi connectivity index (χ4n) is 1.90. The number of nitrogens with zero attached hydrogens (tertiary/aromatic N) is 1. The van der Waals surface area contributed by atoms with E-state index >= 15 is 0 Å². The minimum Gasteiger partial charge on any atom is -0.465 e. The van der Waals surface area contributed by atoms with Crippen LogP contribution in [-0.2, 0) is 4.74 Å². The second-order valence-electron chi connectivity index (χ2n) is 4.19. The van der Waals surface area contributed by atoms with Crippen LogP contribution in [0, 0.1) is 0 Å². The summed E-state index contributed by atoms with van der Waals surface area (Å²) in [7, 11) is 3.30. The Labute approximate surface area is 111 Å². The van der Waals surface area contributed by atoms with Gasteiger partial charge in [-0.3, -0.25) is 5.10 Å². The van der Waals surface area contributed by atoms with Crippen molar-refractivity contribution in [2.75, 3.05) is 20.7 Å². The molecule has 0 spiro atoms. The topological polar surface area (TPSA) is 67.0 Å². The molecule has 1 heterocycles. The number of methoxy groups -OCH3 is 1. The number of carbonyl (C=O) groups is 1. The van der Waals surface area contributed by atoms with Crippen LogP contribution < -0.4 is 5.32 Å². The maximum atomic E-state index is 11.8. The molecule has 0 aliphatic carbocycles. The predicted molar refractivity (Wildman–Crippen MR) is 75.0 cm³/mol. The van der Waals surface area contributed by atoms with E-state index < -0.39 is 0 Å². The molecular weight excluding hydrogens is 242 g/mol. The third-order valence-corrected chi connectivity index (χ3v) is 2.86. The first-order valence-electron chi connectivity index (χ1n) is 6.13. The minimum absolute atomic E-state index is 0.350. The van der Waals surface area contributed by atoms with Crippen LogP contribution in [0.25, 0.3) is 17.0 Å². The fraction of sp³-hybridized carbons (Fsp3) is 0.286. The van der Waals surface area contributed by atoms with E-state index in [4.69, 9.17) is 4.74 Å². The van der Waals surface area contributed by atoms with Crippen LogP contribution in [0.3, 0.4) is 0 Å². The van der Waals surface area contributed by atoms with Crippen LogP contribution in [0.1, 0.15) is 22.3 Å². The lowest BCUT2D eigenvalue weighted by Crippen LogP contribution is -2.05. The highest BCUT2D eigenvalue weighted by molar-refractivity contribution is 6.04. The second-order valence-corrected chi connectivity index (χ2v) is 4.19. The number of nitrogens with one attached hydrogen (secondary N) is 2. The Balaban J connectivity index is 2.35. The maximum absolute atomic E-state index is 11.8. The average molecular weight is 259 g/mol. The Bertz CT molecular complexity index is 602. The zero-order valence-corrected chi connectivity index (χ0v) is 11.1. The van der Waals surface area contributed by atoms with Crippen molar-refractivity contribution in [3.8, 4) is 0 Å². The summed E-state index contributed by atoms with van der Waals surface area (Å²) in [5.41, 5.74) is 2.31. The largest absolute Gasteiger partial charge is 0.465 e. The monoisotopic (exact) mass is 259 g/mol. The normalized spacial score (nSPS) is 11.3. The molecule has 5 heteroatoms. The number of ether oxygens (including phenoxy) is 1. The molecule has 0 saturated carbocycles. The molecule has 0 radical (unpaired) electrons. The molecule has 0 amide bonds. The quantitative estimate of drug-likeness (QED) is 0.636. The molecule has 2 rings (SSSR count). The molecule has 2 aromatic rings. The van der Waals surface area contributed by atoms with Gasteiger partial charge >= 0.3 is 5.97 Å². The first-order valence-corrected chi connectivity index (χ1v) is 6.13. The Kier molecular flexibility index (Phi) is 4.30. The molecule has 0 bridgehead atoms. The van der Waals surface area contributed by atoms with Gasteiger partial charge in [-0.2, -0.15) is 5.10 Å². The highest BCUT2D eigenvalue weighted by atomic mass is 16.5. The highest BCUT2D eigenvalue weighted by Gasteiger charge is 2.12. The van der Waals surface area contributed by atoms with E-state index in [-0.39, 0.29) is 5.97 Å². The fourth-order valence-corrected chi connectivity index (χ4v) is 1.90. The summed E-state index contributed by atoms with van der Waals surface area (Å²) < 4.78 is 4.80. The molecule has 0 unspecified atom stereocenters. The van der Waals surface area contributed by atoms with Crippen molar-refractivity contribution >= 4 is 22.9 Å². The molecule has 0 aliphatic rings. The molecule has 2 N–H and O–H groups in total. The van der Waals surface area contributed by atoms with Gasteiger partial charge in [-0.05, 0) is 37.7 Å². The number of rotatable bonds is 5. The zero-order valence-electron chi connectivity index (χ0n) is 11.1. The van der Waals surface area contributed by atoms with Crippen molar-refractivity contribution in [2.24, 2.45) is 0 Å². The number of aromatic nitrogens is 2. The van der Waals surface area contributed by atoms with Crippen molar-refractivity contribution in [1.82, 2.24) is 15.5 Å². The number of hydrogen-bond donors (Lipinski definition) is 2. The molecule has 0 saturated heterocycles. The Hall–Kier alpha value is -2.14. The molecule has 0 aliphatic heterocycles. The number of benzene rings is 1. The smallest absolute Gasteiger partial charge is 0.338 e. The van der Waals surface area contributed by atoms with Gasteiger partial charge in [0, 0.05) is 5.39 Å². The van der Waals surface area contributed by atoms with E-state index in [1.807, 2.05) is 25.3 Å². The lowest BCUT2D eigenvalue weighted by molar-refractivity contribution is 0.0603. The lowest BCUT2D eigenvalue weighted by atomic mass is 10.1. The summed E-state index contributed by atoms with van der Waals surface area (Å²) >= 11 is 0. The molecular formula is C14H17N3O2. The maximum Gasteiger partial charge on any atom is 0.338 e. The summed E-state index contributed by atoms with van der Waals surface area (Å²) in [5.74, 6) is -0.350. The van der Waals surface area contributed by atoms with Crippen LogP contribution in [0.15, 0.2) is 24.4 Å². The first-order chi connectivity index (χ1) is 9.26. The van der Waals surface area contributed by atoms with Crippen molar-refractivity contribution < 1.29 is 9.53 Å². The van der Waals surface area contributed by atoms with Crippen LogP contribution in [-0.4, -0.2) is 36.9 Å². The first kappa shape index (κ1) is 13.3. The van der Waals surface area contributed by atoms with Gasteiger partial charge in [0.1, 0.15) is 0 Å². The number of esters is 1. The highest BCUT2D eigenvalue weighted by Crippen LogP contribution is 2.21. The van der Waals surface area contributed by atoms with Crippen molar-refractivity contribution in [3.05, 3.63) is 35.5 Å². The molecule has 1 aromatic carbocycles. The van der Waals surface area contributed by atoms with Gasteiger partial charge in [-0.25, -0.2) is 4.79 Å². The van der Waals surface area contributed by atoms with Crippen LogP contribution >= 0.6 is 0 Å². The number of aromatic amines is 1. The standard InChI is InChI=1S/C14H17N3O2/c1-15-6-4-3-5-10-7-11(14(18)19-2)12-9-16-17-13(12)8-10/h3,5,7-9,15H,4,6H2,1-2H3,(H,16,17). The van der Waals surface area contributed by atoms with Crippen molar-refractivity contribution in [3.63, 3.8) is 0 Å². The van der Waals surface area contributed by atoms with Gasteiger partial charge in [-0.15, -0.1) is 0 Å². The minimum atomic E-state index is -0.350. The summed E-state index contributed by atoms with van der Waals surface area (Å²) in [6.45, 7) is 0.923. The van der Waals surface area contributed by atoms with Gasteiger partial charge in [0.15, 0.2) is 0 Å². The van der Waals surface area contributed by atoms with Gasteiger partial charge in [0.2, 0.25) is 0 Å². The average Bonchev–Trinajstić information content (AvgIpc) is 2.90.